The summed E-state index contributed by atoms with van der Waals surface area (Å²) in [6, 6.07) is 14.3. The summed E-state index contributed by atoms with van der Waals surface area (Å²) < 4.78 is 39.8. The number of fused-ring (bicyclic) bond motifs is 3. The molecule has 3 aliphatic rings. The van der Waals surface area contributed by atoms with Crippen LogP contribution in [0.15, 0.2) is 67.0 Å². The van der Waals surface area contributed by atoms with Gasteiger partial charge >= 0.3 is 12.1 Å². The van der Waals surface area contributed by atoms with E-state index in [1.54, 1.807) is 40.0 Å². The second kappa shape index (κ2) is 15.0. The predicted octanol–water partition coefficient (Wildman–Crippen LogP) is 5.62. The first-order chi connectivity index (χ1) is 25.4. The Morgan fingerprint density at radius 3 is 2.62 bits per heavy atom. The molecule has 3 aromatic carbocycles. The van der Waals surface area contributed by atoms with Gasteiger partial charge in [-0.15, -0.1) is 0 Å². The molecule has 53 heavy (non-hydrogen) atoms. The maximum atomic E-state index is 13.3. The Morgan fingerprint density at radius 1 is 1.06 bits per heavy atom. The summed E-state index contributed by atoms with van der Waals surface area (Å²) >= 11 is 12.7. The second-order valence-corrected chi connectivity index (χ2v) is 16.3. The van der Waals surface area contributed by atoms with Gasteiger partial charge in [-0.1, -0.05) is 41.4 Å². The van der Waals surface area contributed by atoms with E-state index in [4.69, 9.17) is 32.7 Å². The summed E-state index contributed by atoms with van der Waals surface area (Å²) in [5, 5.41) is 17.0. The molecule has 1 unspecified atom stereocenters. The van der Waals surface area contributed by atoms with Gasteiger partial charge in [-0.3, -0.25) is 14.4 Å². The lowest BCUT2D eigenvalue weighted by Crippen LogP contribution is -2.48. The van der Waals surface area contributed by atoms with Gasteiger partial charge < -0.3 is 19.9 Å². The van der Waals surface area contributed by atoms with Gasteiger partial charge in [0, 0.05) is 46.0 Å². The SMILES string of the molecule is Cc1c(Cl)cccc1OCCOC(=O)N1C[C@@H]2C[C@@H]2c2c(-c3cnn(Cc4cc(C(=O)NC(CNS(=O)(=O)C5CC5)C(=O)O)ccc4Cl)c3)cccc21. The fraction of sp³-hybridized carbons (Fsp3) is 0.351. The monoisotopic (exact) mass is 781 g/mol. The lowest BCUT2D eigenvalue weighted by molar-refractivity contribution is -0.139. The van der Waals surface area contributed by atoms with Crippen molar-refractivity contribution in [1.29, 1.82) is 0 Å². The quantitative estimate of drug-likeness (QED) is 0.138. The summed E-state index contributed by atoms with van der Waals surface area (Å²) in [6.45, 7) is 2.43. The van der Waals surface area contributed by atoms with E-state index in [2.05, 4.69) is 15.1 Å². The van der Waals surface area contributed by atoms with Crippen LogP contribution < -0.4 is 19.7 Å². The van der Waals surface area contributed by atoms with E-state index in [-0.39, 0.29) is 25.3 Å². The van der Waals surface area contributed by atoms with Crippen molar-refractivity contribution in [3.8, 4) is 16.9 Å². The summed E-state index contributed by atoms with van der Waals surface area (Å²) in [5.74, 6) is -0.788. The first-order valence-electron chi connectivity index (χ1n) is 17.2. The number of nitrogens with one attached hydrogen (secondary N) is 2. The van der Waals surface area contributed by atoms with E-state index in [1.807, 2.05) is 37.4 Å². The van der Waals surface area contributed by atoms with Crippen LogP contribution in [0.1, 0.15) is 52.2 Å². The number of anilines is 1. The first kappa shape index (κ1) is 36.7. The molecule has 1 aliphatic heterocycles. The third kappa shape index (κ3) is 8.15. The predicted molar refractivity (Wildman–Crippen MR) is 198 cm³/mol. The van der Waals surface area contributed by atoms with Gasteiger partial charge in [0.05, 0.1) is 23.7 Å². The zero-order valence-corrected chi connectivity index (χ0v) is 31.0. The third-order valence-corrected chi connectivity index (χ3v) is 12.4. The molecule has 13 nitrogen and oxygen atoms in total. The minimum absolute atomic E-state index is 0.0741. The van der Waals surface area contributed by atoms with Crippen LogP contribution in [0.25, 0.3) is 11.1 Å². The van der Waals surface area contributed by atoms with Crippen LogP contribution >= 0.6 is 23.2 Å². The number of ether oxygens (including phenoxy) is 2. The number of carboxylic acid groups (broad SMARTS) is 1. The Balaban J connectivity index is 1.01. The normalized spacial score (nSPS) is 18.1. The molecule has 2 saturated carbocycles. The van der Waals surface area contributed by atoms with Crippen LogP contribution in [0.5, 0.6) is 5.75 Å². The fourth-order valence-electron chi connectivity index (χ4n) is 6.58. The minimum atomic E-state index is -3.63. The van der Waals surface area contributed by atoms with Crippen LogP contribution in [0.4, 0.5) is 10.5 Å². The van der Waals surface area contributed by atoms with Gasteiger partial charge in [0.1, 0.15) is 25.0 Å². The number of amides is 2. The molecule has 2 aliphatic carbocycles. The molecule has 0 spiro atoms. The molecule has 4 aromatic rings. The number of nitrogens with zero attached hydrogens (tertiary/aromatic N) is 3. The average Bonchev–Trinajstić information content (AvgIpc) is 4.07. The van der Waals surface area contributed by atoms with Gasteiger partial charge in [0.2, 0.25) is 10.0 Å². The molecule has 0 radical (unpaired) electrons. The van der Waals surface area contributed by atoms with Crippen molar-refractivity contribution in [3.05, 3.63) is 99.3 Å². The van der Waals surface area contributed by atoms with Crippen molar-refractivity contribution in [3.63, 3.8) is 0 Å². The van der Waals surface area contributed by atoms with E-state index in [1.165, 1.54) is 6.07 Å². The Morgan fingerprint density at radius 2 is 1.85 bits per heavy atom. The van der Waals surface area contributed by atoms with Crippen molar-refractivity contribution < 1.29 is 37.4 Å². The van der Waals surface area contributed by atoms with Gasteiger partial charge in [0.25, 0.3) is 5.91 Å². The molecule has 278 valence electrons. The van der Waals surface area contributed by atoms with Gasteiger partial charge in [-0.25, -0.2) is 22.7 Å². The van der Waals surface area contributed by atoms with Crippen LogP contribution in [-0.4, -0.2) is 78.9 Å². The van der Waals surface area contributed by atoms with Crippen molar-refractivity contribution in [2.45, 2.75) is 49.9 Å². The Kier molecular flexibility index (Phi) is 10.4. The number of benzene rings is 3. The zero-order valence-electron chi connectivity index (χ0n) is 28.6. The van der Waals surface area contributed by atoms with Crippen LogP contribution in [0.2, 0.25) is 10.0 Å². The molecule has 3 N–H and O–H groups in total. The molecule has 2 heterocycles. The smallest absolute Gasteiger partial charge is 0.414 e. The number of carbonyl (C=O) groups is 3. The van der Waals surface area contributed by atoms with E-state index in [9.17, 15) is 27.9 Å². The average molecular weight is 783 g/mol. The summed E-state index contributed by atoms with van der Waals surface area (Å²) in [4.78, 5) is 39.9. The number of sulfonamides is 1. The van der Waals surface area contributed by atoms with Gasteiger partial charge in [-0.2, -0.15) is 5.10 Å². The Bertz CT molecular complexity index is 2190. The molecule has 1 aromatic heterocycles. The van der Waals surface area contributed by atoms with Crippen LogP contribution in [0.3, 0.4) is 0 Å². The largest absolute Gasteiger partial charge is 0.490 e. The Hall–Kier alpha value is -4.63. The number of carbonyl (C=O) groups excluding carboxylic acids is 2. The number of carboxylic acids is 1. The highest BCUT2D eigenvalue weighted by molar-refractivity contribution is 7.90. The fourth-order valence-corrected chi connectivity index (χ4v) is 8.31. The van der Waals surface area contributed by atoms with Gasteiger partial charge in [0.15, 0.2) is 0 Å². The molecule has 0 saturated heterocycles. The van der Waals surface area contributed by atoms with Crippen molar-refractivity contribution in [2.24, 2.45) is 5.92 Å². The molecular weight excluding hydrogens is 745 g/mol. The number of rotatable bonds is 14. The van der Waals surface area contributed by atoms with E-state index < -0.39 is 45.8 Å². The maximum Gasteiger partial charge on any atom is 0.414 e. The molecule has 0 bridgehead atoms. The summed E-state index contributed by atoms with van der Waals surface area (Å²) in [5.41, 5.74) is 5.20. The van der Waals surface area contributed by atoms with E-state index in [0.29, 0.717) is 52.6 Å². The highest BCUT2D eigenvalue weighted by atomic mass is 35.5. The molecule has 2 fully saturated rings. The zero-order chi connectivity index (χ0) is 37.4. The lowest BCUT2D eigenvalue weighted by Gasteiger charge is -2.29. The number of hydrogen-bond acceptors (Lipinski definition) is 8. The highest BCUT2D eigenvalue weighted by Gasteiger charge is 2.48. The number of hydrogen-bond donors (Lipinski definition) is 3. The number of aromatic nitrogens is 2. The number of halogens is 2. The summed E-state index contributed by atoms with van der Waals surface area (Å²) in [6.07, 6.45) is 5.18. The highest BCUT2D eigenvalue weighted by Crippen LogP contribution is 2.57. The van der Waals surface area contributed by atoms with Crippen LogP contribution in [-0.2, 0) is 26.1 Å². The minimum Gasteiger partial charge on any atom is -0.490 e. The molecule has 7 rings (SSSR count). The van der Waals surface area contributed by atoms with E-state index in [0.717, 1.165) is 34.4 Å². The van der Waals surface area contributed by atoms with Crippen LogP contribution in [0, 0.1) is 12.8 Å². The van der Waals surface area contributed by atoms with Crippen molar-refractivity contribution in [2.75, 3.05) is 31.2 Å². The van der Waals surface area contributed by atoms with Crippen molar-refractivity contribution in [1.82, 2.24) is 19.8 Å². The van der Waals surface area contributed by atoms with Crippen molar-refractivity contribution >= 4 is 56.9 Å². The third-order valence-electron chi connectivity index (χ3n) is 9.73. The maximum absolute atomic E-state index is 13.3. The van der Waals surface area contributed by atoms with E-state index >= 15 is 0 Å². The molecular formula is C37H37Cl2N5O8S. The topological polar surface area (TPSA) is 169 Å². The summed E-state index contributed by atoms with van der Waals surface area (Å²) in [7, 11) is -3.63. The second-order valence-electron chi connectivity index (χ2n) is 13.5. The van der Waals surface area contributed by atoms with Gasteiger partial charge in [-0.05, 0) is 91.1 Å². The number of aliphatic carboxylic acids is 1. The standard InChI is InChI=1S/C37H37Cl2N5O8S/c1-21-29(38)5-3-7-33(21)51-12-13-52-37(48)44-20-23-15-28(23)34-27(4-2-6-32(34)44)25-16-40-43(19-25)18-24-14-22(8-11-30(24)39)35(45)42-31(36(46)47)17-41-53(49,50)26-9-10-26/h2-8,11,14,16,19,23,26,28,31,41H,9-10,12-13,15,17-18,20H2,1H3,(H,42,45)(H,46,47)/t23-,28-,31?/m0/s1. The molecule has 3 atom stereocenters. The lowest BCUT2D eigenvalue weighted by atomic mass is 9.93. The Labute approximate surface area is 316 Å². The molecule has 2 amide bonds. The molecule has 16 heteroatoms. The first-order valence-corrected chi connectivity index (χ1v) is 19.5.